The number of hydrogen-bond donors (Lipinski definition) is 1. The molecule has 7 heteroatoms. The number of thioether (sulfide) groups is 1. The molecule has 1 N–H and O–H groups in total. The predicted molar refractivity (Wildman–Crippen MR) is 104 cm³/mol. The summed E-state index contributed by atoms with van der Waals surface area (Å²) < 4.78 is 1.55. The summed E-state index contributed by atoms with van der Waals surface area (Å²) in [6, 6.07) is 14.6. The van der Waals surface area contributed by atoms with E-state index in [4.69, 9.17) is 11.6 Å². The monoisotopic (exact) mass is 385 g/mol. The van der Waals surface area contributed by atoms with Gasteiger partial charge in [-0.1, -0.05) is 41.6 Å². The Kier molecular flexibility index (Phi) is 4.70. The van der Waals surface area contributed by atoms with Crippen molar-refractivity contribution in [2.45, 2.75) is 24.0 Å². The Labute approximate surface area is 159 Å². The van der Waals surface area contributed by atoms with E-state index in [0.29, 0.717) is 32.8 Å². The molecule has 1 saturated carbocycles. The highest BCUT2D eigenvalue weighted by atomic mass is 35.5. The van der Waals surface area contributed by atoms with Gasteiger partial charge in [0.1, 0.15) is 0 Å². The van der Waals surface area contributed by atoms with Gasteiger partial charge in [0.25, 0.3) is 5.56 Å². The van der Waals surface area contributed by atoms with E-state index in [-0.39, 0.29) is 17.2 Å². The van der Waals surface area contributed by atoms with Gasteiger partial charge in [0, 0.05) is 11.1 Å². The molecule has 4 rings (SSSR count). The van der Waals surface area contributed by atoms with Crippen molar-refractivity contribution in [3.05, 3.63) is 63.9 Å². The van der Waals surface area contributed by atoms with Crippen molar-refractivity contribution >= 4 is 40.2 Å². The van der Waals surface area contributed by atoms with Gasteiger partial charge in [0.2, 0.25) is 5.91 Å². The summed E-state index contributed by atoms with van der Waals surface area (Å²) in [7, 11) is 0. The maximum absolute atomic E-state index is 13.1. The fourth-order valence-electron chi connectivity index (χ4n) is 2.67. The third kappa shape index (κ3) is 3.61. The Morgan fingerprint density at radius 3 is 2.73 bits per heavy atom. The summed E-state index contributed by atoms with van der Waals surface area (Å²) in [5.41, 5.74) is 1.06. The minimum atomic E-state index is -0.178. The SMILES string of the molecule is O=C(CSc1nc2cc(Cl)ccc2c(=O)n1-c1ccccc1)NC1CC1. The zero-order valence-electron chi connectivity index (χ0n) is 13.8. The van der Waals surface area contributed by atoms with Crippen LogP contribution in [0, 0.1) is 0 Å². The Bertz CT molecular complexity index is 1030. The Hall–Kier alpha value is -2.31. The van der Waals surface area contributed by atoms with Gasteiger partial charge in [-0.2, -0.15) is 0 Å². The first kappa shape index (κ1) is 17.1. The van der Waals surface area contributed by atoms with Crippen molar-refractivity contribution < 1.29 is 4.79 Å². The number of benzene rings is 2. The lowest BCUT2D eigenvalue weighted by Crippen LogP contribution is -2.28. The van der Waals surface area contributed by atoms with Crippen molar-refractivity contribution in [3.63, 3.8) is 0 Å². The number of nitrogens with one attached hydrogen (secondary N) is 1. The Balaban J connectivity index is 1.77. The molecule has 0 bridgehead atoms. The summed E-state index contributed by atoms with van der Waals surface area (Å²) in [4.78, 5) is 29.7. The number of amides is 1. The van der Waals surface area contributed by atoms with E-state index in [1.165, 1.54) is 11.8 Å². The van der Waals surface area contributed by atoms with Gasteiger partial charge in [-0.25, -0.2) is 4.98 Å². The Morgan fingerprint density at radius 2 is 2.00 bits per heavy atom. The highest BCUT2D eigenvalue weighted by Crippen LogP contribution is 2.24. The average molecular weight is 386 g/mol. The van der Waals surface area contributed by atoms with Crippen LogP contribution in [0.4, 0.5) is 0 Å². The van der Waals surface area contributed by atoms with Crippen molar-refractivity contribution in [2.24, 2.45) is 0 Å². The molecule has 0 aliphatic heterocycles. The lowest BCUT2D eigenvalue weighted by Gasteiger charge is -2.13. The van der Waals surface area contributed by atoms with Gasteiger partial charge in [0.05, 0.1) is 22.3 Å². The van der Waals surface area contributed by atoms with Crippen LogP contribution in [0.2, 0.25) is 5.02 Å². The van der Waals surface area contributed by atoms with Gasteiger partial charge in [-0.05, 0) is 43.2 Å². The molecule has 0 unspecified atom stereocenters. The first-order chi connectivity index (χ1) is 12.6. The number of carbonyl (C=O) groups is 1. The number of hydrogen-bond acceptors (Lipinski definition) is 4. The van der Waals surface area contributed by atoms with E-state index in [2.05, 4.69) is 10.3 Å². The fraction of sp³-hybridized carbons (Fsp3) is 0.211. The smallest absolute Gasteiger partial charge is 0.266 e. The summed E-state index contributed by atoms with van der Waals surface area (Å²) in [6.45, 7) is 0. The van der Waals surface area contributed by atoms with E-state index < -0.39 is 0 Å². The molecule has 0 atom stereocenters. The molecule has 1 heterocycles. The van der Waals surface area contributed by atoms with Crippen LogP contribution in [-0.2, 0) is 4.79 Å². The average Bonchev–Trinajstić information content (AvgIpc) is 3.44. The van der Waals surface area contributed by atoms with Crippen molar-refractivity contribution in [2.75, 3.05) is 5.75 Å². The van der Waals surface area contributed by atoms with Crippen LogP contribution in [0.1, 0.15) is 12.8 Å². The van der Waals surface area contributed by atoms with Crippen LogP contribution in [0.15, 0.2) is 58.5 Å². The van der Waals surface area contributed by atoms with Crippen LogP contribution in [0.3, 0.4) is 0 Å². The van der Waals surface area contributed by atoms with Gasteiger partial charge in [-0.3, -0.25) is 14.2 Å². The molecule has 1 amide bonds. The van der Waals surface area contributed by atoms with E-state index in [1.54, 1.807) is 22.8 Å². The standard InChI is InChI=1S/C19H16ClN3O2S/c20-12-6-9-15-16(10-12)22-19(26-11-17(24)21-13-7-8-13)23(18(15)25)14-4-2-1-3-5-14/h1-6,9-10,13H,7-8,11H2,(H,21,24). The predicted octanol–water partition coefficient (Wildman–Crippen LogP) is 3.41. The zero-order valence-corrected chi connectivity index (χ0v) is 15.4. The molecular weight excluding hydrogens is 370 g/mol. The maximum atomic E-state index is 13.1. The van der Waals surface area contributed by atoms with Gasteiger partial charge in [0.15, 0.2) is 5.16 Å². The van der Waals surface area contributed by atoms with E-state index in [9.17, 15) is 9.59 Å². The first-order valence-corrected chi connectivity index (χ1v) is 9.68. The highest BCUT2D eigenvalue weighted by molar-refractivity contribution is 7.99. The second-order valence-corrected chi connectivity index (χ2v) is 7.54. The van der Waals surface area contributed by atoms with Crippen LogP contribution in [0.25, 0.3) is 16.6 Å². The molecule has 1 aliphatic carbocycles. The molecular formula is C19H16ClN3O2S. The van der Waals surface area contributed by atoms with E-state index in [0.717, 1.165) is 12.8 Å². The third-order valence-electron chi connectivity index (χ3n) is 4.09. The second kappa shape index (κ2) is 7.13. The molecule has 26 heavy (non-hydrogen) atoms. The molecule has 0 spiro atoms. The zero-order chi connectivity index (χ0) is 18.1. The quantitative estimate of drug-likeness (QED) is 0.540. The summed E-state index contributed by atoms with van der Waals surface area (Å²) in [5, 5.41) is 4.43. The van der Waals surface area contributed by atoms with Gasteiger partial charge < -0.3 is 5.32 Å². The minimum absolute atomic E-state index is 0.0439. The first-order valence-electron chi connectivity index (χ1n) is 8.32. The lowest BCUT2D eigenvalue weighted by atomic mass is 10.2. The van der Waals surface area contributed by atoms with Crippen LogP contribution >= 0.6 is 23.4 Å². The summed E-state index contributed by atoms with van der Waals surface area (Å²) in [6.07, 6.45) is 2.08. The van der Waals surface area contributed by atoms with Crippen LogP contribution in [0.5, 0.6) is 0 Å². The fourth-order valence-corrected chi connectivity index (χ4v) is 3.66. The molecule has 1 aliphatic rings. The van der Waals surface area contributed by atoms with Gasteiger partial charge >= 0.3 is 0 Å². The lowest BCUT2D eigenvalue weighted by molar-refractivity contribution is -0.118. The molecule has 132 valence electrons. The largest absolute Gasteiger partial charge is 0.353 e. The number of para-hydroxylation sites is 1. The van der Waals surface area contributed by atoms with E-state index >= 15 is 0 Å². The molecule has 3 aromatic rings. The van der Waals surface area contributed by atoms with Crippen LogP contribution < -0.4 is 10.9 Å². The molecule has 1 fully saturated rings. The molecule has 0 saturated heterocycles. The minimum Gasteiger partial charge on any atom is -0.353 e. The second-order valence-electron chi connectivity index (χ2n) is 6.16. The topological polar surface area (TPSA) is 64.0 Å². The highest BCUT2D eigenvalue weighted by Gasteiger charge is 2.23. The molecule has 0 radical (unpaired) electrons. The number of fused-ring (bicyclic) bond motifs is 1. The number of nitrogens with zero attached hydrogens (tertiary/aromatic N) is 2. The normalized spacial score (nSPS) is 13.7. The summed E-state index contributed by atoms with van der Waals surface area (Å²) >= 11 is 7.30. The van der Waals surface area contributed by atoms with Gasteiger partial charge in [-0.15, -0.1) is 0 Å². The number of aromatic nitrogens is 2. The van der Waals surface area contributed by atoms with Crippen molar-refractivity contribution in [1.29, 1.82) is 0 Å². The molecule has 2 aromatic carbocycles. The maximum Gasteiger partial charge on any atom is 0.266 e. The number of halogens is 1. The van der Waals surface area contributed by atoms with Crippen molar-refractivity contribution in [3.8, 4) is 5.69 Å². The number of carbonyl (C=O) groups excluding carboxylic acids is 1. The molecule has 5 nitrogen and oxygen atoms in total. The Morgan fingerprint density at radius 1 is 1.23 bits per heavy atom. The number of rotatable bonds is 5. The van der Waals surface area contributed by atoms with Crippen molar-refractivity contribution in [1.82, 2.24) is 14.9 Å². The summed E-state index contributed by atoms with van der Waals surface area (Å²) in [5.74, 6) is 0.166. The third-order valence-corrected chi connectivity index (χ3v) is 5.26. The molecule has 1 aromatic heterocycles. The van der Waals surface area contributed by atoms with E-state index in [1.807, 2.05) is 30.3 Å². The van der Waals surface area contributed by atoms with Crippen LogP contribution in [-0.4, -0.2) is 27.3 Å².